The molecule has 1 rings (SSSR count). The van der Waals surface area contributed by atoms with E-state index in [4.69, 9.17) is 11.6 Å². The molecule has 6 heteroatoms. The molecular weight excluding hydrogens is 229 g/mol. The van der Waals surface area contributed by atoms with E-state index >= 15 is 0 Å². The molecule has 0 saturated carbocycles. The van der Waals surface area contributed by atoms with E-state index in [0.29, 0.717) is 5.69 Å². The summed E-state index contributed by atoms with van der Waals surface area (Å²) in [5.41, 5.74) is 0.624. The molecule has 0 fully saturated rings. The van der Waals surface area contributed by atoms with Crippen molar-refractivity contribution in [3.8, 4) is 0 Å². The number of halogens is 4. The van der Waals surface area contributed by atoms with Crippen LogP contribution < -0.4 is 4.90 Å². The molecule has 0 atom stereocenters. The summed E-state index contributed by atoms with van der Waals surface area (Å²) in [6, 6.07) is 3.14. The first-order chi connectivity index (χ1) is 6.88. The third-order valence-electron chi connectivity index (χ3n) is 1.88. The van der Waals surface area contributed by atoms with Crippen molar-refractivity contribution in [2.24, 2.45) is 0 Å². The normalized spacial score (nSPS) is 11.5. The summed E-state index contributed by atoms with van der Waals surface area (Å²) >= 11 is 5.62. The van der Waals surface area contributed by atoms with Gasteiger partial charge in [-0.25, -0.2) is 4.98 Å². The second kappa shape index (κ2) is 4.70. The maximum atomic E-state index is 11.9. The van der Waals surface area contributed by atoms with Gasteiger partial charge in [0.05, 0.1) is 6.42 Å². The summed E-state index contributed by atoms with van der Waals surface area (Å²) in [7, 11) is 1.58. The number of alkyl halides is 3. The largest absolute Gasteiger partial charge is 0.390 e. The Morgan fingerprint density at radius 2 is 2.13 bits per heavy atom. The summed E-state index contributed by atoms with van der Waals surface area (Å²) in [6.45, 7) is -0.0934. The zero-order valence-corrected chi connectivity index (χ0v) is 8.81. The lowest BCUT2D eigenvalue weighted by molar-refractivity contribution is -0.132. The fraction of sp³-hybridized carbons (Fsp3) is 0.444. The van der Waals surface area contributed by atoms with Crippen molar-refractivity contribution in [1.29, 1.82) is 0 Å². The minimum atomic E-state index is -4.13. The Morgan fingerprint density at radius 3 is 2.67 bits per heavy atom. The number of hydrogen-bond acceptors (Lipinski definition) is 2. The van der Waals surface area contributed by atoms with Crippen molar-refractivity contribution in [3.63, 3.8) is 0 Å². The predicted molar refractivity (Wildman–Crippen MR) is 53.2 cm³/mol. The van der Waals surface area contributed by atoms with Crippen LogP contribution in [0, 0.1) is 0 Å². The van der Waals surface area contributed by atoms with E-state index in [9.17, 15) is 13.2 Å². The van der Waals surface area contributed by atoms with Crippen LogP contribution in [-0.2, 0) is 0 Å². The Labute approximate surface area is 90.7 Å². The number of aromatic nitrogens is 1. The highest BCUT2D eigenvalue weighted by Crippen LogP contribution is 2.22. The van der Waals surface area contributed by atoms with Crippen molar-refractivity contribution >= 4 is 17.3 Å². The first-order valence-electron chi connectivity index (χ1n) is 4.28. The molecule has 0 aliphatic heterocycles. The quantitative estimate of drug-likeness (QED) is 0.752. The number of hydrogen-bond donors (Lipinski definition) is 0. The van der Waals surface area contributed by atoms with Crippen LogP contribution in [-0.4, -0.2) is 24.8 Å². The Morgan fingerprint density at radius 1 is 1.47 bits per heavy atom. The van der Waals surface area contributed by atoms with Crippen molar-refractivity contribution < 1.29 is 13.2 Å². The van der Waals surface area contributed by atoms with Gasteiger partial charge in [0.25, 0.3) is 0 Å². The van der Waals surface area contributed by atoms with Crippen LogP contribution in [0.4, 0.5) is 18.9 Å². The number of pyridine rings is 1. The van der Waals surface area contributed by atoms with Crippen molar-refractivity contribution in [1.82, 2.24) is 4.98 Å². The fourth-order valence-electron chi connectivity index (χ4n) is 1.05. The van der Waals surface area contributed by atoms with E-state index in [2.05, 4.69) is 4.98 Å². The molecule has 1 heterocycles. The highest BCUT2D eigenvalue weighted by molar-refractivity contribution is 6.29. The Bertz CT molecular complexity index is 327. The smallest absolute Gasteiger partial charge is 0.374 e. The SMILES string of the molecule is CN(CCC(F)(F)F)c1ccnc(Cl)c1. The second-order valence-electron chi connectivity index (χ2n) is 3.12. The zero-order chi connectivity index (χ0) is 11.5. The van der Waals surface area contributed by atoms with E-state index in [1.165, 1.54) is 17.2 Å². The van der Waals surface area contributed by atoms with Crippen LogP contribution in [0.25, 0.3) is 0 Å². The van der Waals surface area contributed by atoms with Gasteiger partial charge in [-0.2, -0.15) is 13.2 Å². The molecule has 84 valence electrons. The van der Waals surface area contributed by atoms with Gasteiger partial charge in [0, 0.05) is 25.5 Å². The molecule has 0 spiro atoms. The molecule has 0 radical (unpaired) electrons. The van der Waals surface area contributed by atoms with Crippen LogP contribution in [0.1, 0.15) is 6.42 Å². The molecule has 2 nitrogen and oxygen atoms in total. The molecule has 1 aromatic heterocycles. The van der Waals surface area contributed by atoms with Gasteiger partial charge in [-0.1, -0.05) is 11.6 Å². The molecule has 0 saturated heterocycles. The summed E-state index contributed by atoms with van der Waals surface area (Å²) in [4.78, 5) is 5.23. The molecule has 1 aromatic rings. The van der Waals surface area contributed by atoms with Gasteiger partial charge in [-0.3, -0.25) is 0 Å². The van der Waals surface area contributed by atoms with Gasteiger partial charge >= 0.3 is 6.18 Å². The maximum Gasteiger partial charge on any atom is 0.390 e. The first kappa shape index (κ1) is 12.1. The third kappa shape index (κ3) is 4.38. The van der Waals surface area contributed by atoms with Gasteiger partial charge in [-0.05, 0) is 12.1 Å². The summed E-state index contributed by atoms with van der Waals surface area (Å²) in [5.74, 6) is 0. The maximum absolute atomic E-state index is 11.9. The van der Waals surface area contributed by atoms with Crippen molar-refractivity contribution in [2.75, 3.05) is 18.5 Å². The van der Waals surface area contributed by atoms with Gasteiger partial charge in [-0.15, -0.1) is 0 Å². The fourth-order valence-corrected chi connectivity index (χ4v) is 1.22. The minimum Gasteiger partial charge on any atom is -0.374 e. The lowest BCUT2D eigenvalue weighted by Crippen LogP contribution is -2.23. The Kier molecular flexibility index (Phi) is 3.79. The molecule has 15 heavy (non-hydrogen) atoms. The highest BCUT2D eigenvalue weighted by atomic mass is 35.5. The van der Waals surface area contributed by atoms with Crippen LogP contribution in [0.2, 0.25) is 5.15 Å². The van der Waals surface area contributed by atoms with Crippen LogP contribution >= 0.6 is 11.6 Å². The van der Waals surface area contributed by atoms with E-state index in [1.807, 2.05) is 0 Å². The molecule has 0 amide bonds. The summed E-state index contributed by atoms with van der Waals surface area (Å²) < 4.78 is 35.8. The van der Waals surface area contributed by atoms with Crippen molar-refractivity contribution in [3.05, 3.63) is 23.5 Å². The van der Waals surface area contributed by atoms with Crippen LogP contribution in [0.5, 0.6) is 0 Å². The lowest BCUT2D eigenvalue weighted by Gasteiger charge is -2.19. The number of rotatable bonds is 3. The van der Waals surface area contributed by atoms with Crippen LogP contribution in [0.15, 0.2) is 18.3 Å². The third-order valence-corrected chi connectivity index (χ3v) is 2.09. The van der Waals surface area contributed by atoms with Gasteiger partial charge in [0.1, 0.15) is 5.15 Å². The first-order valence-corrected chi connectivity index (χ1v) is 4.66. The topological polar surface area (TPSA) is 16.1 Å². The lowest BCUT2D eigenvalue weighted by atomic mass is 10.3. The Hall–Kier alpha value is -0.970. The molecule has 0 bridgehead atoms. The van der Waals surface area contributed by atoms with Gasteiger partial charge in [0.15, 0.2) is 0 Å². The molecule has 0 unspecified atom stereocenters. The monoisotopic (exact) mass is 238 g/mol. The zero-order valence-electron chi connectivity index (χ0n) is 8.05. The molecule has 0 N–H and O–H groups in total. The molecule has 0 aliphatic rings. The number of nitrogens with zero attached hydrogens (tertiary/aromatic N) is 2. The predicted octanol–water partition coefficient (Wildman–Crippen LogP) is 3.12. The molecule has 0 aromatic carbocycles. The van der Waals surface area contributed by atoms with E-state index in [0.717, 1.165) is 0 Å². The standard InChI is InChI=1S/C9H10ClF3N2/c1-15(5-3-9(11,12)13)7-2-4-14-8(10)6-7/h2,4,6H,3,5H2,1H3. The second-order valence-corrected chi connectivity index (χ2v) is 3.51. The summed E-state index contributed by atoms with van der Waals surface area (Å²) in [6.07, 6.45) is -3.52. The average Bonchev–Trinajstić information content (AvgIpc) is 2.13. The average molecular weight is 239 g/mol. The highest BCUT2D eigenvalue weighted by Gasteiger charge is 2.27. The minimum absolute atomic E-state index is 0.0934. The van der Waals surface area contributed by atoms with E-state index in [-0.39, 0.29) is 11.7 Å². The van der Waals surface area contributed by atoms with E-state index < -0.39 is 12.6 Å². The van der Waals surface area contributed by atoms with Crippen LogP contribution in [0.3, 0.4) is 0 Å². The Balaban J connectivity index is 2.58. The van der Waals surface area contributed by atoms with Crippen molar-refractivity contribution in [2.45, 2.75) is 12.6 Å². The molecule has 0 aliphatic carbocycles. The summed E-state index contributed by atoms with van der Waals surface area (Å²) in [5, 5.41) is 0.270. The van der Waals surface area contributed by atoms with Gasteiger partial charge < -0.3 is 4.90 Å². The molecular formula is C9H10ClF3N2. The van der Waals surface area contributed by atoms with Gasteiger partial charge in [0.2, 0.25) is 0 Å². The van der Waals surface area contributed by atoms with E-state index in [1.54, 1.807) is 13.1 Å². The number of anilines is 1.